The van der Waals surface area contributed by atoms with E-state index in [9.17, 15) is 0 Å². The van der Waals surface area contributed by atoms with E-state index in [0.717, 1.165) is 5.56 Å². The molecule has 0 amide bonds. The molecule has 12 heavy (non-hydrogen) atoms. The smallest absolute Gasteiger partial charge is 0.103 e. The van der Waals surface area contributed by atoms with Crippen LogP contribution in [-0.4, -0.2) is 4.99 Å². The minimum atomic E-state index is 0.336. The number of nitrogens with two attached hydrogens (primary N) is 1. The van der Waals surface area contributed by atoms with Crippen molar-refractivity contribution in [2.45, 2.75) is 0 Å². The molecule has 0 fully saturated rings. The van der Waals surface area contributed by atoms with E-state index in [4.69, 9.17) is 23.5 Å². The van der Waals surface area contributed by atoms with E-state index in [1.54, 1.807) is 24.3 Å². The molecule has 0 aliphatic rings. The third kappa shape index (κ3) is 1.95. The zero-order chi connectivity index (χ0) is 8.97. The predicted molar refractivity (Wildman–Crippen MR) is 51.1 cm³/mol. The molecular weight excluding hydrogens is 172 g/mol. The highest BCUT2D eigenvalue weighted by Gasteiger charge is 1.93. The van der Waals surface area contributed by atoms with E-state index in [-0.39, 0.29) is 0 Å². The minimum absolute atomic E-state index is 0.336. The van der Waals surface area contributed by atoms with Crippen LogP contribution in [0.2, 0.25) is 0 Å². The maximum absolute atomic E-state index is 8.11. The highest BCUT2D eigenvalue weighted by molar-refractivity contribution is 7.80. The van der Waals surface area contributed by atoms with Crippen LogP contribution in [0.3, 0.4) is 0 Å². The van der Waals surface area contributed by atoms with Crippen molar-refractivity contribution in [2.75, 3.05) is 0 Å². The van der Waals surface area contributed by atoms with E-state index >= 15 is 0 Å². The second-order valence-corrected chi connectivity index (χ2v) is 2.54. The third-order valence-corrected chi connectivity index (χ3v) is 1.55. The number of azide groups is 1. The summed E-state index contributed by atoms with van der Waals surface area (Å²) in [6.45, 7) is 0. The number of hydrogen-bond acceptors (Lipinski definition) is 2. The monoisotopic (exact) mass is 178 g/mol. The zero-order valence-corrected chi connectivity index (χ0v) is 6.95. The van der Waals surface area contributed by atoms with Crippen molar-refractivity contribution >= 4 is 22.9 Å². The fourth-order valence-corrected chi connectivity index (χ4v) is 0.880. The Morgan fingerprint density at radius 2 is 2.00 bits per heavy atom. The lowest BCUT2D eigenvalue weighted by atomic mass is 10.2. The Morgan fingerprint density at radius 3 is 2.42 bits per heavy atom. The molecule has 1 aromatic carbocycles. The molecule has 1 aromatic rings. The van der Waals surface area contributed by atoms with Crippen LogP contribution in [-0.2, 0) is 0 Å². The van der Waals surface area contributed by atoms with Gasteiger partial charge in [0.1, 0.15) is 4.99 Å². The lowest BCUT2D eigenvalue weighted by molar-refractivity contribution is 1.47. The molecule has 0 heterocycles. The fourth-order valence-electron chi connectivity index (χ4n) is 0.744. The van der Waals surface area contributed by atoms with Crippen molar-refractivity contribution in [3.63, 3.8) is 0 Å². The summed E-state index contributed by atoms with van der Waals surface area (Å²) < 4.78 is 0. The first-order valence-corrected chi connectivity index (χ1v) is 3.60. The van der Waals surface area contributed by atoms with Crippen molar-refractivity contribution in [3.05, 3.63) is 40.3 Å². The standard InChI is InChI=1S/C7H6N4S/c8-7(12)5-1-3-6(4-2-5)10-11-9/h1-4H,(H2,8,12). The largest absolute Gasteiger partial charge is 0.389 e. The van der Waals surface area contributed by atoms with Gasteiger partial charge in [-0.3, -0.25) is 0 Å². The van der Waals surface area contributed by atoms with Crippen molar-refractivity contribution in [1.82, 2.24) is 0 Å². The summed E-state index contributed by atoms with van der Waals surface area (Å²) in [4.78, 5) is 2.98. The maximum atomic E-state index is 8.11. The molecule has 5 heteroatoms. The molecule has 4 nitrogen and oxygen atoms in total. The molecule has 0 aliphatic heterocycles. The molecule has 0 atom stereocenters. The van der Waals surface area contributed by atoms with Crippen LogP contribution in [0.5, 0.6) is 0 Å². The number of hydrogen-bond donors (Lipinski definition) is 1. The van der Waals surface area contributed by atoms with Crippen LogP contribution in [0.4, 0.5) is 5.69 Å². The van der Waals surface area contributed by atoms with Crippen LogP contribution in [0.1, 0.15) is 5.56 Å². The average molecular weight is 178 g/mol. The predicted octanol–water partition coefficient (Wildman–Crippen LogP) is 2.26. The lowest BCUT2D eigenvalue weighted by Crippen LogP contribution is -2.08. The van der Waals surface area contributed by atoms with E-state index in [1.807, 2.05) is 0 Å². The molecule has 1 rings (SSSR count). The van der Waals surface area contributed by atoms with Crippen molar-refractivity contribution < 1.29 is 0 Å². The van der Waals surface area contributed by atoms with Gasteiger partial charge in [0.2, 0.25) is 0 Å². The third-order valence-electron chi connectivity index (χ3n) is 1.31. The maximum Gasteiger partial charge on any atom is 0.103 e. The van der Waals surface area contributed by atoms with Crippen molar-refractivity contribution in [2.24, 2.45) is 10.8 Å². The molecule has 0 aliphatic carbocycles. The van der Waals surface area contributed by atoms with Gasteiger partial charge < -0.3 is 5.73 Å². The Labute approximate surface area is 74.6 Å². The summed E-state index contributed by atoms with van der Waals surface area (Å²) in [6.07, 6.45) is 0. The van der Waals surface area contributed by atoms with Gasteiger partial charge in [0.05, 0.1) is 0 Å². The molecule has 0 spiro atoms. The van der Waals surface area contributed by atoms with Gasteiger partial charge in [-0.05, 0) is 5.53 Å². The summed E-state index contributed by atoms with van der Waals surface area (Å²) in [5.41, 5.74) is 14.8. The van der Waals surface area contributed by atoms with Crippen molar-refractivity contribution in [3.8, 4) is 0 Å². The van der Waals surface area contributed by atoms with Crippen LogP contribution < -0.4 is 5.73 Å². The summed E-state index contributed by atoms with van der Waals surface area (Å²) in [5, 5.41) is 3.40. The van der Waals surface area contributed by atoms with E-state index in [2.05, 4.69) is 10.0 Å². The summed E-state index contributed by atoms with van der Waals surface area (Å²) in [7, 11) is 0. The van der Waals surface area contributed by atoms with Gasteiger partial charge in [0, 0.05) is 16.2 Å². The lowest BCUT2D eigenvalue weighted by Gasteiger charge is -1.96. The van der Waals surface area contributed by atoms with Gasteiger partial charge in [-0.2, -0.15) is 0 Å². The molecule has 0 unspecified atom stereocenters. The Bertz CT molecular complexity index is 316. The Kier molecular flexibility index (Phi) is 2.63. The first kappa shape index (κ1) is 8.52. The zero-order valence-electron chi connectivity index (χ0n) is 6.14. The molecule has 2 N–H and O–H groups in total. The second kappa shape index (κ2) is 3.71. The van der Waals surface area contributed by atoms with Gasteiger partial charge >= 0.3 is 0 Å². The summed E-state index contributed by atoms with van der Waals surface area (Å²) >= 11 is 4.74. The normalized spacial score (nSPS) is 8.67. The molecule has 0 saturated carbocycles. The highest BCUT2D eigenvalue weighted by atomic mass is 32.1. The Balaban J connectivity index is 3.00. The van der Waals surface area contributed by atoms with Crippen LogP contribution in [0.15, 0.2) is 29.4 Å². The number of rotatable bonds is 2. The quantitative estimate of drug-likeness (QED) is 0.326. The minimum Gasteiger partial charge on any atom is -0.389 e. The van der Waals surface area contributed by atoms with Gasteiger partial charge in [-0.1, -0.05) is 41.6 Å². The second-order valence-electron chi connectivity index (χ2n) is 2.10. The van der Waals surface area contributed by atoms with Crippen molar-refractivity contribution in [1.29, 1.82) is 0 Å². The molecule has 0 radical (unpaired) electrons. The average Bonchev–Trinajstić information content (AvgIpc) is 2.06. The topological polar surface area (TPSA) is 74.8 Å². The molecule has 60 valence electrons. The molecule has 0 aromatic heterocycles. The number of benzene rings is 1. The van der Waals surface area contributed by atoms with Gasteiger partial charge in [-0.25, -0.2) is 0 Å². The van der Waals surface area contributed by atoms with E-state index < -0.39 is 0 Å². The molecule has 0 bridgehead atoms. The fraction of sp³-hybridized carbons (Fsp3) is 0. The number of nitrogens with zero attached hydrogens (tertiary/aromatic N) is 3. The van der Waals surface area contributed by atoms with Gasteiger partial charge in [0.25, 0.3) is 0 Å². The Hall–Kier alpha value is -1.58. The highest BCUT2D eigenvalue weighted by Crippen LogP contribution is 2.12. The Morgan fingerprint density at radius 1 is 1.42 bits per heavy atom. The molecule has 0 saturated heterocycles. The van der Waals surface area contributed by atoms with E-state index in [0.29, 0.717) is 10.7 Å². The van der Waals surface area contributed by atoms with E-state index in [1.165, 1.54) is 0 Å². The first-order chi connectivity index (χ1) is 5.74. The van der Waals surface area contributed by atoms with Crippen LogP contribution >= 0.6 is 12.2 Å². The summed E-state index contributed by atoms with van der Waals surface area (Å²) in [6, 6.07) is 6.75. The van der Waals surface area contributed by atoms with Gasteiger partial charge in [0.15, 0.2) is 0 Å². The SMILES string of the molecule is [N-]=[N+]=Nc1ccc(C(N)=S)cc1. The van der Waals surface area contributed by atoms with Crippen LogP contribution in [0, 0.1) is 0 Å². The van der Waals surface area contributed by atoms with Crippen LogP contribution in [0.25, 0.3) is 10.4 Å². The first-order valence-electron chi connectivity index (χ1n) is 3.19. The number of thiocarbonyl (C=S) groups is 1. The van der Waals surface area contributed by atoms with Gasteiger partial charge in [-0.15, -0.1) is 0 Å². The molecular formula is C7H6N4S. The summed E-state index contributed by atoms with van der Waals surface area (Å²) in [5.74, 6) is 0.